The Morgan fingerprint density at radius 1 is 1.11 bits per heavy atom. The molecule has 0 saturated carbocycles. The number of benzene rings is 1. The standard InChI is InChI=1S/C16H20N2/c1-12-9-15(17)10-13(2)16(12)7-3-5-14-6-4-8-18-11-14/h4,6,8-11H,3,5,7,17H2,1-2H3. The summed E-state index contributed by atoms with van der Waals surface area (Å²) < 4.78 is 0. The first-order valence-electron chi connectivity index (χ1n) is 6.41. The lowest BCUT2D eigenvalue weighted by atomic mass is 9.96. The first kappa shape index (κ1) is 12.6. The summed E-state index contributed by atoms with van der Waals surface area (Å²) in [6.07, 6.45) is 7.10. The molecule has 2 rings (SSSR count). The van der Waals surface area contributed by atoms with Crippen molar-refractivity contribution in [2.45, 2.75) is 33.1 Å². The van der Waals surface area contributed by atoms with Crippen molar-refractivity contribution in [1.82, 2.24) is 4.98 Å². The van der Waals surface area contributed by atoms with Gasteiger partial charge >= 0.3 is 0 Å². The number of hydrogen-bond donors (Lipinski definition) is 1. The van der Waals surface area contributed by atoms with Crippen LogP contribution < -0.4 is 5.73 Å². The predicted octanol–water partition coefficient (Wildman–Crippen LogP) is 3.46. The zero-order chi connectivity index (χ0) is 13.0. The molecule has 1 aromatic heterocycles. The Kier molecular flexibility index (Phi) is 3.98. The summed E-state index contributed by atoms with van der Waals surface area (Å²) in [6.45, 7) is 4.28. The number of nitrogens with zero attached hydrogens (tertiary/aromatic N) is 1. The lowest BCUT2D eigenvalue weighted by Crippen LogP contribution is -1.98. The van der Waals surface area contributed by atoms with Gasteiger partial charge in [0.15, 0.2) is 0 Å². The highest BCUT2D eigenvalue weighted by molar-refractivity contribution is 5.48. The van der Waals surface area contributed by atoms with Crippen LogP contribution in [0.5, 0.6) is 0 Å². The van der Waals surface area contributed by atoms with Crippen molar-refractivity contribution in [2.75, 3.05) is 5.73 Å². The number of nitrogens with two attached hydrogens (primary N) is 1. The third-order valence-corrected chi connectivity index (χ3v) is 3.33. The van der Waals surface area contributed by atoms with Crippen LogP contribution in [0.15, 0.2) is 36.7 Å². The largest absolute Gasteiger partial charge is 0.399 e. The first-order chi connectivity index (χ1) is 8.66. The highest BCUT2D eigenvalue weighted by Crippen LogP contribution is 2.20. The number of pyridine rings is 1. The Hall–Kier alpha value is -1.83. The van der Waals surface area contributed by atoms with Gasteiger partial charge in [0, 0.05) is 18.1 Å². The highest BCUT2D eigenvalue weighted by Gasteiger charge is 2.04. The van der Waals surface area contributed by atoms with Crippen LogP contribution in [0.4, 0.5) is 5.69 Å². The van der Waals surface area contributed by atoms with E-state index < -0.39 is 0 Å². The number of hydrogen-bond acceptors (Lipinski definition) is 2. The van der Waals surface area contributed by atoms with Crippen LogP contribution in [-0.4, -0.2) is 4.98 Å². The molecule has 1 aromatic carbocycles. The normalized spacial score (nSPS) is 10.6. The van der Waals surface area contributed by atoms with Gasteiger partial charge in [-0.2, -0.15) is 0 Å². The third kappa shape index (κ3) is 3.10. The maximum atomic E-state index is 5.84. The van der Waals surface area contributed by atoms with Gasteiger partial charge in [0.05, 0.1) is 0 Å². The van der Waals surface area contributed by atoms with E-state index in [-0.39, 0.29) is 0 Å². The molecule has 2 aromatic rings. The summed E-state index contributed by atoms with van der Waals surface area (Å²) in [6, 6.07) is 8.25. The van der Waals surface area contributed by atoms with Gasteiger partial charge in [0.25, 0.3) is 0 Å². The summed E-state index contributed by atoms with van der Waals surface area (Å²) >= 11 is 0. The minimum Gasteiger partial charge on any atom is -0.399 e. The van der Waals surface area contributed by atoms with E-state index in [1.807, 2.05) is 18.5 Å². The van der Waals surface area contributed by atoms with Crippen LogP contribution in [0, 0.1) is 13.8 Å². The summed E-state index contributed by atoms with van der Waals surface area (Å²) in [7, 11) is 0. The van der Waals surface area contributed by atoms with Crippen LogP contribution in [0.1, 0.15) is 28.7 Å². The maximum Gasteiger partial charge on any atom is 0.0319 e. The van der Waals surface area contributed by atoms with Crippen molar-refractivity contribution in [2.24, 2.45) is 0 Å². The third-order valence-electron chi connectivity index (χ3n) is 3.33. The van der Waals surface area contributed by atoms with E-state index in [4.69, 9.17) is 5.73 Å². The molecule has 0 aliphatic heterocycles. The Labute approximate surface area is 109 Å². The van der Waals surface area contributed by atoms with Crippen LogP contribution in [0.2, 0.25) is 0 Å². The van der Waals surface area contributed by atoms with Crippen LogP contribution in [0.3, 0.4) is 0 Å². The quantitative estimate of drug-likeness (QED) is 0.831. The monoisotopic (exact) mass is 240 g/mol. The lowest BCUT2D eigenvalue weighted by molar-refractivity contribution is 0.808. The van der Waals surface area contributed by atoms with Crippen molar-refractivity contribution >= 4 is 5.69 Å². The van der Waals surface area contributed by atoms with E-state index in [1.165, 1.54) is 22.3 Å². The molecule has 1 heterocycles. The van der Waals surface area contributed by atoms with Gasteiger partial charge in [0.2, 0.25) is 0 Å². The van der Waals surface area contributed by atoms with Crippen molar-refractivity contribution in [3.63, 3.8) is 0 Å². The Morgan fingerprint density at radius 3 is 2.44 bits per heavy atom. The van der Waals surface area contributed by atoms with Gasteiger partial charge in [0.1, 0.15) is 0 Å². The first-order valence-corrected chi connectivity index (χ1v) is 6.41. The van der Waals surface area contributed by atoms with Crippen molar-refractivity contribution in [3.8, 4) is 0 Å². The second-order valence-electron chi connectivity index (χ2n) is 4.85. The topological polar surface area (TPSA) is 38.9 Å². The van der Waals surface area contributed by atoms with Crippen molar-refractivity contribution < 1.29 is 0 Å². The average Bonchev–Trinajstić information content (AvgIpc) is 2.34. The Bertz CT molecular complexity index is 495. The molecular weight excluding hydrogens is 220 g/mol. The minimum atomic E-state index is 0.862. The fourth-order valence-corrected chi connectivity index (χ4v) is 2.44. The molecule has 0 bridgehead atoms. The van der Waals surface area contributed by atoms with Crippen molar-refractivity contribution in [3.05, 3.63) is 58.9 Å². The number of rotatable bonds is 4. The smallest absolute Gasteiger partial charge is 0.0319 e. The zero-order valence-corrected chi connectivity index (χ0v) is 11.1. The molecule has 94 valence electrons. The SMILES string of the molecule is Cc1cc(N)cc(C)c1CCCc1cccnc1. The van der Waals surface area contributed by atoms with Crippen LogP contribution in [-0.2, 0) is 12.8 Å². The second-order valence-corrected chi connectivity index (χ2v) is 4.85. The van der Waals surface area contributed by atoms with E-state index in [1.54, 1.807) is 0 Å². The fraction of sp³-hybridized carbons (Fsp3) is 0.312. The van der Waals surface area contributed by atoms with Crippen molar-refractivity contribution in [1.29, 1.82) is 0 Å². The molecule has 2 nitrogen and oxygen atoms in total. The summed E-state index contributed by atoms with van der Waals surface area (Å²) in [5, 5.41) is 0. The molecule has 0 saturated heterocycles. The van der Waals surface area contributed by atoms with E-state index in [2.05, 4.69) is 37.0 Å². The number of nitrogen functional groups attached to an aromatic ring is 1. The highest BCUT2D eigenvalue weighted by atomic mass is 14.6. The van der Waals surface area contributed by atoms with Gasteiger partial charge in [-0.05, 0) is 73.6 Å². The molecule has 2 N–H and O–H groups in total. The van der Waals surface area contributed by atoms with E-state index >= 15 is 0 Å². The summed E-state index contributed by atoms with van der Waals surface area (Å²) in [5.41, 5.74) is 12.1. The summed E-state index contributed by atoms with van der Waals surface area (Å²) in [4.78, 5) is 4.14. The van der Waals surface area contributed by atoms with E-state index in [9.17, 15) is 0 Å². The van der Waals surface area contributed by atoms with E-state index in [0.29, 0.717) is 0 Å². The zero-order valence-electron chi connectivity index (χ0n) is 11.1. The van der Waals surface area contributed by atoms with Gasteiger partial charge in [-0.25, -0.2) is 0 Å². The Morgan fingerprint density at radius 2 is 1.83 bits per heavy atom. The molecular formula is C16H20N2. The molecule has 0 fully saturated rings. The molecule has 0 spiro atoms. The molecule has 18 heavy (non-hydrogen) atoms. The molecule has 0 atom stereocenters. The minimum absolute atomic E-state index is 0.862. The van der Waals surface area contributed by atoms with Gasteiger partial charge in [-0.3, -0.25) is 4.98 Å². The maximum absolute atomic E-state index is 5.84. The fourth-order valence-electron chi connectivity index (χ4n) is 2.44. The van der Waals surface area contributed by atoms with Crippen LogP contribution in [0.25, 0.3) is 0 Å². The molecule has 0 aliphatic carbocycles. The number of anilines is 1. The number of aryl methyl sites for hydroxylation is 3. The molecule has 0 amide bonds. The Balaban J connectivity index is 1.99. The van der Waals surface area contributed by atoms with Crippen LogP contribution >= 0.6 is 0 Å². The number of aromatic nitrogens is 1. The molecule has 0 aliphatic rings. The van der Waals surface area contributed by atoms with Gasteiger partial charge in [-0.1, -0.05) is 6.07 Å². The van der Waals surface area contributed by atoms with Gasteiger partial charge in [-0.15, -0.1) is 0 Å². The molecule has 2 heteroatoms. The average molecular weight is 240 g/mol. The predicted molar refractivity (Wildman–Crippen MR) is 76.6 cm³/mol. The van der Waals surface area contributed by atoms with Gasteiger partial charge < -0.3 is 5.73 Å². The lowest BCUT2D eigenvalue weighted by Gasteiger charge is -2.11. The molecule has 0 unspecified atom stereocenters. The summed E-state index contributed by atoms with van der Waals surface area (Å²) in [5.74, 6) is 0. The second kappa shape index (κ2) is 5.67. The van der Waals surface area contributed by atoms with E-state index in [0.717, 1.165) is 24.9 Å². The molecule has 0 radical (unpaired) electrons.